The van der Waals surface area contributed by atoms with Gasteiger partial charge in [0.15, 0.2) is 23.5 Å². The maximum Gasteiger partial charge on any atom is 0.354 e. The van der Waals surface area contributed by atoms with Gasteiger partial charge in [0.05, 0.1) is 23.4 Å². The number of nitrogen functional groups attached to an aromatic ring is 1. The number of nitrogens with one attached hydrogen (secondary N) is 1. The van der Waals surface area contributed by atoms with Gasteiger partial charge in [-0.25, -0.2) is 18.2 Å². The molecule has 20 nitrogen and oxygen atoms in total. The molecule has 5 rings (SSSR count). The molecule has 4 atom stereocenters. The van der Waals surface area contributed by atoms with Gasteiger partial charge in [0.25, 0.3) is 17.4 Å². The minimum Gasteiger partial charge on any atom is -0.724 e. The Kier molecular flexibility index (Phi) is 11.4. The van der Waals surface area contributed by atoms with Gasteiger partial charge in [-0.3, -0.25) is 9.59 Å². The number of rotatable bonds is 16. The zero-order valence-corrected chi connectivity index (χ0v) is 30.6. The molecule has 2 aliphatic heterocycles. The average Bonchev–Trinajstić information content (AvgIpc) is 3.72. The molecule has 2 aliphatic rings. The number of amides is 2. The SMILES string of the molecule is CC1(C)[C@H](NC(=O)/C(=N\O[C@](C)(C(=O)O)C2CCc3cc(-c4cn(C[C@@H](O)CN)[n+](CCCN)c4)ccc3O2)c2csc(N)n2)C(=O)N1OS(=O)(=O)[O-]. The van der Waals surface area contributed by atoms with E-state index in [0.717, 1.165) is 34.4 Å². The number of carbonyl (C=O) groups is 3. The number of hydrogen-bond donors (Lipinski definition) is 6. The van der Waals surface area contributed by atoms with E-state index in [-0.39, 0.29) is 23.8 Å². The molecule has 53 heavy (non-hydrogen) atoms. The summed E-state index contributed by atoms with van der Waals surface area (Å²) in [6.07, 6.45) is 3.35. The summed E-state index contributed by atoms with van der Waals surface area (Å²) >= 11 is 0.953. The van der Waals surface area contributed by atoms with E-state index in [1.165, 1.54) is 26.2 Å². The number of aliphatic hydroxyl groups excluding tert-OH is 1. The number of β-lactam (4-membered cyclic amide) rings is 1. The summed E-state index contributed by atoms with van der Waals surface area (Å²) in [6.45, 7) is 5.46. The van der Waals surface area contributed by atoms with E-state index in [1.807, 2.05) is 33.9 Å². The molecule has 0 radical (unpaired) electrons. The van der Waals surface area contributed by atoms with Crippen molar-refractivity contribution in [1.82, 2.24) is 20.0 Å². The number of anilines is 1. The van der Waals surface area contributed by atoms with Crippen LogP contribution in [0.3, 0.4) is 0 Å². The summed E-state index contributed by atoms with van der Waals surface area (Å²) in [4.78, 5) is 48.5. The van der Waals surface area contributed by atoms with Gasteiger partial charge in [0.1, 0.15) is 24.0 Å². The third-order valence-corrected chi connectivity index (χ3v) is 9.98. The average molecular weight is 780 g/mol. The van der Waals surface area contributed by atoms with Crippen LogP contribution in [0.25, 0.3) is 11.1 Å². The smallest absolute Gasteiger partial charge is 0.354 e. The molecular formula is C31H41N9O11S2. The van der Waals surface area contributed by atoms with Crippen molar-refractivity contribution in [2.45, 2.75) is 82.5 Å². The maximum absolute atomic E-state index is 13.5. The normalized spacial score (nSPS) is 20.1. The molecule has 2 aromatic heterocycles. The number of nitrogens with two attached hydrogens (primary N) is 3. The first-order valence-electron chi connectivity index (χ1n) is 16.4. The minimum atomic E-state index is -5.29. The Hall–Kier alpha value is -4.71. The Labute approximate surface area is 308 Å². The predicted molar refractivity (Wildman–Crippen MR) is 185 cm³/mol. The number of carbonyl (C=O) groups excluding carboxylic acids is 2. The number of aliphatic hydroxyl groups is 1. The summed E-state index contributed by atoms with van der Waals surface area (Å²) < 4.78 is 47.5. The molecule has 9 N–H and O–H groups in total. The number of hydroxylamine groups is 2. The summed E-state index contributed by atoms with van der Waals surface area (Å²) in [6, 6.07) is 4.10. The summed E-state index contributed by atoms with van der Waals surface area (Å²) in [5.74, 6) is -3.12. The first-order chi connectivity index (χ1) is 24.9. The number of aliphatic carboxylic acids is 1. The highest BCUT2D eigenvalue weighted by atomic mass is 32.3. The number of benzene rings is 1. The topological polar surface area (TPSA) is 304 Å². The number of fused-ring (bicyclic) bond motifs is 1. The number of hydrogen-bond acceptors (Lipinski definition) is 16. The highest BCUT2D eigenvalue weighted by Gasteiger charge is 2.57. The van der Waals surface area contributed by atoms with Crippen LogP contribution < -0.4 is 31.9 Å². The number of nitrogens with zero attached hydrogens (tertiary/aromatic N) is 5. The van der Waals surface area contributed by atoms with Crippen molar-refractivity contribution in [1.29, 1.82) is 0 Å². The van der Waals surface area contributed by atoms with E-state index in [1.54, 1.807) is 6.07 Å². The first-order valence-corrected chi connectivity index (χ1v) is 18.6. The Morgan fingerprint density at radius 1 is 1.32 bits per heavy atom. The van der Waals surface area contributed by atoms with Crippen LogP contribution in [0.2, 0.25) is 0 Å². The van der Waals surface area contributed by atoms with Crippen LogP contribution in [-0.4, -0.2) is 104 Å². The van der Waals surface area contributed by atoms with Crippen LogP contribution in [0.5, 0.6) is 5.75 Å². The number of carboxylic acids is 1. The van der Waals surface area contributed by atoms with E-state index in [9.17, 15) is 37.6 Å². The fourth-order valence-corrected chi connectivity index (χ4v) is 6.89. The number of aromatic nitrogens is 3. The second-order valence-electron chi connectivity index (χ2n) is 13.2. The Balaban J connectivity index is 1.36. The number of thiazole rings is 1. The lowest BCUT2D eigenvalue weighted by Crippen LogP contribution is -2.76. The lowest BCUT2D eigenvalue weighted by Gasteiger charge is -2.51. The van der Waals surface area contributed by atoms with Crippen molar-refractivity contribution >= 4 is 50.4 Å². The Morgan fingerprint density at radius 2 is 2.06 bits per heavy atom. The molecule has 1 fully saturated rings. The number of oxime groups is 1. The molecule has 1 saturated heterocycles. The maximum atomic E-state index is 13.5. The van der Waals surface area contributed by atoms with Crippen molar-refractivity contribution in [3.63, 3.8) is 0 Å². The molecule has 1 unspecified atom stereocenters. The molecule has 4 heterocycles. The molecule has 0 spiro atoms. The first kappa shape index (κ1) is 39.5. The summed E-state index contributed by atoms with van der Waals surface area (Å²) in [5.41, 5.74) is 15.4. The molecule has 0 saturated carbocycles. The molecule has 2 amide bonds. The fraction of sp³-hybridized carbons (Fsp3) is 0.484. The highest BCUT2D eigenvalue weighted by Crippen LogP contribution is 2.37. The summed E-state index contributed by atoms with van der Waals surface area (Å²) in [5, 5.41) is 28.5. The largest absolute Gasteiger partial charge is 0.724 e. The van der Waals surface area contributed by atoms with E-state index < -0.39 is 63.3 Å². The number of carboxylic acid groups (broad SMARTS) is 1. The van der Waals surface area contributed by atoms with Crippen molar-refractivity contribution in [2.75, 3.05) is 18.8 Å². The number of ether oxygens (including phenoxy) is 1. The van der Waals surface area contributed by atoms with E-state index in [2.05, 4.69) is 19.7 Å². The standard InChI is InChI=1S/C31H41N9O11S2/c1-30(2)25(27(43)40(30)51-53(46,47)48)36-26(42)24(21-16-52-29(34)35-21)37-50-31(3,28(44)45)23-8-6-18-11-17(5-7-22(18)49-23)19-13-38(10-4-9-32)39(14-19)15-20(41)12-33/h5,7,11,13-14,16,20,23,25,41H,4,6,8-10,12,15,32-33H2,1-3H3,(H4-,34,35,36,42,44,45,46,47,48)/b37-24-/t20-,23?,25+,31-/m0/s1. The third-order valence-electron chi connectivity index (χ3n) is 8.97. The lowest BCUT2D eigenvalue weighted by molar-refractivity contribution is -0.775. The van der Waals surface area contributed by atoms with Gasteiger partial charge >= 0.3 is 5.97 Å². The molecule has 288 valence electrons. The molecule has 0 bridgehead atoms. The zero-order valence-electron chi connectivity index (χ0n) is 29.0. The monoisotopic (exact) mass is 779 g/mol. The van der Waals surface area contributed by atoms with Crippen LogP contribution in [-0.2, 0) is 53.4 Å². The van der Waals surface area contributed by atoms with Crippen LogP contribution >= 0.6 is 11.3 Å². The molecular weight excluding hydrogens is 739 g/mol. The van der Waals surface area contributed by atoms with Gasteiger partial charge in [-0.1, -0.05) is 11.2 Å². The summed E-state index contributed by atoms with van der Waals surface area (Å²) in [7, 11) is -5.29. The van der Waals surface area contributed by atoms with E-state index >= 15 is 0 Å². The lowest BCUT2D eigenvalue weighted by atomic mass is 9.84. The van der Waals surface area contributed by atoms with Crippen LogP contribution in [0, 0.1) is 0 Å². The van der Waals surface area contributed by atoms with Crippen LogP contribution in [0.1, 0.15) is 44.9 Å². The highest BCUT2D eigenvalue weighted by molar-refractivity contribution is 7.80. The molecule has 22 heteroatoms. The predicted octanol–water partition coefficient (Wildman–Crippen LogP) is -1.40. The van der Waals surface area contributed by atoms with Crippen molar-refractivity contribution in [3.8, 4) is 16.9 Å². The quantitative estimate of drug-likeness (QED) is 0.0243. The fourth-order valence-electron chi connectivity index (χ4n) is 5.90. The third kappa shape index (κ3) is 8.43. The van der Waals surface area contributed by atoms with E-state index in [4.69, 9.17) is 26.8 Å². The number of aryl methyl sites for hydroxylation is 2. The Bertz CT molecular complexity index is 2020. The minimum absolute atomic E-state index is 0.0449. The molecule has 1 aromatic carbocycles. The van der Waals surface area contributed by atoms with Crippen molar-refractivity contribution < 1.29 is 56.1 Å². The van der Waals surface area contributed by atoms with Gasteiger partial charge in [-0.2, -0.15) is 14.0 Å². The van der Waals surface area contributed by atoms with Gasteiger partial charge in [-0.05, 0) is 63.4 Å². The van der Waals surface area contributed by atoms with Crippen molar-refractivity contribution in [2.24, 2.45) is 16.6 Å². The second kappa shape index (κ2) is 15.3. The molecule has 3 aromatic rings. The molecule has 0 aliphatic carbocycles. The van der Waals surface area contributed by atoms with Gasteiger partial charge < -0.3 is 46.9 Å². The van der Waals surface area contributed by atoms with Gasteiger partial charge in [0.2, 0.25) is 16.6 Å². The Morgan fingerprint density at radius 3 is 2.66 bits per heavy atom. The second-order valence-corrected chi connectivity index (χ2v) is 15.0. The van der Waals surface area contributed by atoms with Gasteiger partial charge in [-0.15, -0.1) is 16.0 Å². The van der Waals surface area contributed by atoms with Gasteiger partial charge in [0, 0.05) is 18.3 Å². The van der Waals surface area contributed by atoms with E-state index in [0.29, 0.717) is 36.9 Å². The van der Waals surface area contributed by atoms with Crippen LogP contribution in [0.4, 0.5) is 5.13 Å². The van der Waals surface area contributed by atoms with Crippen LogP contribution in [0.15, 0.2) is 41.1 Å². The van der Waals surface area contributed by atoms with Crippen molar-refractivity contribution in [3.05, 3.63) is 47.2 Å². The zero-order chi connectivity index (χ0) is 38.9.